The Kier molecular flexibility index (Phi) is 2.99. The average molecular weight is 236 g/mol. The van der Waals surface area contributed by atoms with Crippen LogP contribution in [0.2, 0.25) is 0 Å². The van der Waals surface area contributed by atoms with Crippen molar-refractivity contribution in [2.45, 2.75) is 19.0 Å². The maximum absolute atomic E-state index is 13.1. The van der Waals surface area contributed by atoms with E-state index in [0.29, 0.717) is 17.6 Å². The quantitative estimate of drug-likeness (QED) is 0.486. The molecule has 1 saturated carbocycles. The van der Waals surface area contributed by atoms with Crippen molar-refractivity contribution in [3.8, 4) is 0 Å². The number of nitro benzene ring substituents is 1. The third-order valence-electron chi connectivity index (χ3n) is 2.52. The summed E-state index contributed by atoms with van der Waals surface area (Å²) in [6, 6.07) is 3.39. The molecule has 1 aliphatic rings. The normalized spacial score (nSPS) is 17.7. The van der Waals surface area contributed by atoms with Crippen LogP contribution in [-0.2, 0) is 11.3 Å². The molecule has 1 aromatic carbocycles. The number of nitrogens with one attached hydrogen (secondary N) is 1. The average Bonchev–Trinajstić information content (AvgIpc) is 3.04. The third-order valence-corrected chi connectivity index (χ3v) is 2.52. The number of carbonyl (C=O) groups excluding carboxylic acids is 1. The van der Waals surface area contributed by atoms with Crippen molar-refractivity contribution >= 4 is 11.6 Å². The van der Waals surface area contributed by atoms with Crippen LogP contribution in [0.15, 0.2) is 23.8 Å². The number of nitrogens with zero attached hydrogens (tertiary/aromatic N) is 1. The van der Waals surface area contributed by atoms with Crippen LogP contribution in [0.5, 0.6) is 0 Å². The van der Waals surface area contributed by atoms with Crippen molar-refractivity contribution in [2.75, 3.05) is 0 Å². The second-order valence-electron chi connectivity index (χ2n) is 3.84. The number of benzene rings is 1. The summed E-state index contributed by atoms with van der Waals surface area (Å²) in [5.74, 6) is 1.15. The molecule has 1 N–H and O–H groups in total. The van der Waals surface area contributed by atoms with E-state index in [0.717, 1.165) is 6.07 Å². The van der Waals surface area contributed by atoms with Crippen LogP contribution in [0.25, 0.3) is 0 Å². The molecule has 0 bridgehead atoms. The molecule has 2 rings (SSSR count). The molecule has 1 fully saturated rings. The zero-order valence-corrected chi connectivity index (χ0v) is 8.77. The van der Waals surface area contributed by atoms with Crippen molar-refractivity contribution in [2.24, 2.45) is 0 Å². The first kappa shape index (κ1) is 11.4. The van der Waals surface area contributed by atoms with Gasteiger partial charge in [0, 0.05) is 30.6 Å². The number of halogens is 1. The van der Waals surface area contributed by atoms with Crippen molar-refractivity contribution in [3.05, 3.63) is 45.3 Å². The molecule has 0 spiro atoms. The van der Waals surface area contributed by atoms with Gasteiger partial charge < -0.3 is 5.32 Å². The van der Waals surface area contributed by atoms with Gasteiger partial charge in [-0.3, -0.25) is 10.1 Å². The van der Waals surface area contributed by atoms with Gasteiger partial charge in [0.1, 0.15) is 11.8 Å². The maximum Gasteiger partial charge on any atom is 0.272 e. The zero-order valence-electron chi connectivity index (χ0n) is 8.77. The molecule has 1 atom stereocenters. The van der Waals surface area contributed by atoms with Crippen LogP contribution in [0, 0.1) is 15.9 Å². The standard InChI is InChI=1S/C11H9FN2O3/c12-9-1-7(2-10(4-9)14(16)17)5-13-11-3-8(11)6-15/h1-2,4,11,13H,3,5H2. The van der Waals surface area contributed by atoms with Crippen molar-refractivity contribution < 1.29 is 14.1 Å². The minimum atomic E-state index is -0.641. The first-order chi connectivity index (χ1) is 8.10. The minimum Gasteiger partial charge on any atom is -0.305 e. The fraction of sp³-hybridized carbons (Fsp3) is 0.273. The first-order valence-corrected chi connectivity index (χ1v) is 5.01. The molecule has 5 nitrogen and oxygen atoms in total. The molecule has 6 heteroatoms. The first-order valence-electron chi connectivity index (χ1n) is 5.01. The topological polar surface area (TPSA) is 72.2 Å². The summed E-state index contributed by atoms with van der Waals surface area (Å²) < 4.78 is 13.1. The molecule has 1 aliphatic carbocycles. The Bertz CT molecular complexity index is 523. The largest absolute Gasteiger partial charge is 0.305 e. The number of hydrogen-bond acceptors (Lipinski definition) is 4. The fourth-order valence-electron chi connectivity index (χ4n) is 1.55. The highest BCUT2D eigenvalue weighted by atomic mass is 19.1. The molecular weight excluding hydrogens is 227 g/mol. The summed E-state index contributed by atoms with van der Waals surface area (Å²) in [6.07, 6.45) is 0.640. The predicted octanol–water partition coefficient (Wildman–Crippen LogP) is 1.35. The van der Waals surface area contributed by atoms with Gasteiger partial charge in [-0.25, -0.2) is 9.18 Å². The van der Waals surface area contributed by atoms with E-state index in [1.165, 1.54) is 12.1 Å². The van der Waals surface area contributed by atoms with Crippen molar-refractivity contribution in [1.82, 2.24) is 5.32 Å². The SMILES string of the molecule is O=C=C1CC1NCc1cc(F)cc([N+](=O)[O-])c1. The van der Waals surface area contributed by atoms with E-state index < -0.39 is 10.7 Å². The fourth-order valence-corrected chi connectivity index (χ4v) is 1.55. The van der Waals surface area contributed by atoms with E-state index in [4.69, 9.17) is 0 Å². The van der Waals surface area contributed by atoms with Crippen LogP contribution < -0.4 is 5.32 Å². The van der Waals surface area contributed by atoms with Gasteiger partial charge in [0.2, 0.25) is 0 Å². The molecule has 88 valence electrons. The molecule has 0 aliphatic heterocycles. The summed E-state index contributed by atoms with van der Waals surface area (Å²) in [6.45, 7) is 0.286. The van der Waals surface area contributed by atoms with Crippen LogP contribution in [0.3, 0.4) is 0 Å². The number of non-ortho nitro benzene ring substituents is 1. The number of hydrogen-bond donors (Lipinski definition) is 1. The van der Waals surface area contributed by atoms with Gasteiger partial charge in [0.25, 0.3) is 5.69 Å². The Hall–Kier alpha value is -2.04. The molecule has 0 aromatic heterocycles. The highest BCUT2D eigenvalue weighted by molar-refractivity contribution is 5.61. The molecule has 0 radical (unpaired) electrons. The predicted molar refractivity (Wildman–Crippen MR) is 57.5 cm³/mol. The van der Waals surface area contributed by atoms with E-state index in [-0.39, 0.29) is 18.3 Å². The summed E-state index contributed by atoms with van der Waals surface area (Å²) in [7, 11) is 0. The summed E-state index contributed by atoms with van der Waals surface area (Å²) >= 11 is 0. The minimum absolute atomic E-state index is 0.0187. The zero-order chi connectivity index (χ0) is 12.4. The maximum atomic E-state index is 13.1. The van der Waals surface area contributed by atoms with E-state index in [1.54, 1.807) is 5.94 Å². The Balaban J connectivity index is 2.05. The Labute approximate surface area is 96.1 Å². The van der Waals surface area contributed by atoms with Gasteiger partial charge in [-0.05, 0) is 11.6 Å². The molecular formula is C11H9FN2O3. The molecule has 17 heavy (non-hydrogen) atoms. The lowest BCUT2D eigenvalue weighted by Crippen LogP contribution is -2.16. The molecule has 0 saturated heterocycles. The molecule has 1 unspecified atom stereocenters. The van der Waals surface area contributed by atoms with Gasteiger partial charge in [0.15, 0.2) is 0 Å². The van der Waals surface area contributed by atoms with E-state index in [9.17, 15) is 19.3 Å². The van der Waals surface area contributed by atoms with Gasteiger partial charge in [0.05, 0.1) is 11.0 Å². The van der Waals surface area contributed by atoms with Crippen LogP contribution in [0.4, 0.5) is 10.1 Å². The highest BCUT2D eigenvalue weighted by Crippen LogP contribution is 2.26. The monoisotopic (exact) mass is 236 g/mol. The van der Waals surface area contributed by atoms with Crippen LogP contribution in [-0.4, -0.2) is 16.9 Å². The van der Waals surface area contributed by atoms with Crippen molar-refractivity contribution in [1.29, 1.82) is 0 Å². The van der Waals surface area contributed by atoms with Crippen molar-refractivity contribution in [3.63, 3.8) is 0 Å². The van der Waals surface area contributed by atoms with Gasteiger partial charge in [-0.15, -0.1) is 0 Å². The Morgan fingerprint density at radius 2 is 2.29 bits per heavy atom. The lowest BCUT2D eigenvalue weighted by atomic mass is 10.2. The lowest BCUT2D eigenvalue weighted by Gasteiger charge is -2.02. The number of nitro groups is 1. The summed E-state index contributed by atoms with van der Waals surface area (Å²) in [5.41, 5.74) is 0.855. The number of rotatable bonds is 4. The second-order valence-corrected chi connectivity index (χ2v) is 3.84. The smallest absolute Gasteiger partial charge is 0.272 e. The highest BCUT2D eigenvalue weighted by Gasteiger charge is 2.30. The Morgan fingerprint density at radius 1 is 1.53 bits per heavy atom. The molecule has 0 heterocycles. The van der Waals surface area contributed by atoms with Gasteiger partial charge in [-0.2, -0.15) is 0 Å². The van der Waals surface area contributed by atoms with Crippen LogP contribution in [0.1, 0.15) is 12.0 Å². The molecule has 0 amide bonds. The molecule has 1 aromatic rings. The van der Waals surface area contributed by atoms with Gasteiger partial charge >= 0.3 is 0 Å². The Morgan fingerprint density at radius 3 is 2.88 bits per heavy atom. The van der Waals surface area contributed by atoms with E-state index >= 15 is 0 Å². The lowest BCUT2D eigenvalue weighted by molar-refractivity contribution is -0.385. The van der Waals surface area contributed by atoms with E-state index in [1.807, 2.05) is 0 Å². The summed E-state index contributed by atoms with van der Waals surface area (Å²) in [4.78, 5) is 20.1. The third kappa shape index (κ3) is 2.75. The van der Waals surface area contributed by atoms with Crippen LogP contribution >= 0.6 is 0 Å². The summed E-state index contributed by atoms with van der Waals surface area (Å²) in [5, 5.41) is 13.5. The van der Waals surface area contributed by atoms with E-state index in [2.05, 4.69) is 5.32 Å². The second kappa shape index (κ2) is 4.45. The van der Waals surface area contributed by atoms with Gasteiger partial charge in [-0.1, -0.05) is 0 Å².